The zero-order chi connectivity index (χ0) is 19.8. The van der Waals surface area contributed by atoms with Crippen molar-refractivity contribution in [3.8, 4) is 17.2 Å². The van der Waals surface area contributed by atoms with E-state index in [0.717, 1.165) is 0 Å². The Hall–Kier alpha value is -3.19. The van der Waals surface area contributed by atoms with Crippen molar-refractivity contribution >= 4 is 5.91 Å². The van der Waals surface area contributed by atoms with E-state index in [1.807, 2.05) is 6.07 Å². The standard InChI is InChI=1S/C21H21FN2O4/c1-26-12-13-27-19-5-3-2-4-18(19)20(25)23-11-10-17-14-28-21(24-17)15-6-8-16(22)9-7-15/h2-9,14H,10-13H2,1H3,(H,23,25). The Labute approximate surface area is 162 Å². The van der Waals surface area contributed by atoms with Gasteiger partial charge in [0.15, 0.2) is 0 Å². The number of carbonyl (C=O) groups excluding carboxylic acids is 1. The molecule has 0 aliphatic heterocycles. The van der Waals surface area contributed by atoms with E-state index in [2.05, 4.69) is 10.3 Å². The van der Waals surface area contributed by atoms with Crippen LogP contribution in [0.2, 0.25) is 0 Å². The predicted molar refractivity (Wildman–Crippen MR) is 102 cm³/mol. The van der Waals surface area contributed by atoms with Gasteiger partial charge < -0.3 is 19.2 Å². The molecule has 0 radical (unpaired) electrons. The number of oxazole rings is 1. The van der Waals surface area contributed by atoms with E-state index in [1.54, 1.807) is 37.4 Å². The topological polar surface area (TPSA) is 73.6 Å². The third-order valence-electron chi connectivity index (χ3n) is 3.99. The minimum atomic E-state index is -0.315. The molecule has 0 saturated carbocycles. The van der Waals surface area contributed by atoms with E-state index in [0.29, 0.717) is 54.6 Å². The van der Waals surface area contributed by atoms with Crippen LogP contribution in [0.15, 0.2) is 59.2 Å². The van der Waals surface area contributed by atoms with Crippen LogP contribution >= 0.6 is 0 Å². The van der Waals surface area contributed by atoms with Gasteiger partial charge in [-0.15, -0.1) is 0 Å². The van der Waals surface area contributed by atoms with Crippen molar-refractivity contribution in [2.24, 2.45) is 0 Å². The number of rotatable bonds is 9. The van der Waals surface area contributed by atoms with E-state index < -0.39 is 0 Å². The highest BCUT2D eigenvalue weighted by molar-refractivity contribution is 5.96. The Kier molecular flexibility index (Phi) is 6.75. The number of aromatic nitrogens is 1. The fourth-order valence-corrected chi connectivity index (χ4v) is 2.56. The maximum Gasteiger partial charge on any atom is 0.255 e. The van der Waals surface area contributed by atoms with Crippen LogP contribution in [0.4, 0.5) is 4.39 Å². The molecule has 7 heteroatoms. The molecule has 0 aliphatic rings. The monoisotopic (exact) mass is 384 g/mol. The second-order valence-electron chi connectivity index (χ2n) is 5.99. The number of halogens is 1. The summed E-state index contributed by atoms with van der Waals surface area (Å²) in [5, 5.41) is 2.85. The first-order valence-electron chi connectivity index (χ1n) is 8.86. The molecular formula is C21H21FN2O4. The van der Waals surface area contributed by atoms with Crippen molar-refractivity contribution in [1.82, 2.24) is 10.3 Å². The summed E-state index contributed by atoms with van der Waals surface area (Å²) >= 11 is 0. The van der Waals surface area contributed by atoms with Gasteiger partial charge in [0.05, 0.1) is 17.9 Å². The van der Waals surface area contributed by atoms with Gasteiger partial charge in [0, 0.05) is 25.6 Å². The summed E-state index contributed by atoms with van der Waals surface area (Å²) < 4.78 is 29.0. The van der Waals surface area contributed by atoms with Crippen molar-refractivity contribution in [3.63, 3.8) is 0 Å². The molecule has 1 N–H and O–H groups in total. The summed E-state index contributed by atoms with van der Waals surface area (Å²) in [5.41, 5.74) is 1.86. The van der Waals surface area contributed by atoms with Gasteiger partial charge in [-0.2, -0.15) is 0 Å². The number of carbonyl (C=O) groups is 1. The first-order chi connectivity index (χ1) is 13.7. The zero-order valence-corrected chi connectivity index (χ0v) is 15.5. The lowest BCUT2D eigenvalue weighted by Crippen LogP contribution is -2.26. The molecule has 0 bridgehead atoms. The smallest absolute Gasteiger partial charge is 0.255 e. The minimum Gasteiger partial charge on any atom is -0.490 e. The van der Waals surface area contributed by atoms with Crippen molar-refractivity contribution in [2.75, 3.05) is 26.9 Å². The lowest BCUT2D eigenvalue weighted by atomic mass is 10.2. The summed E-state index contributed by atoms with van der Waals surface area (Å²) in [6, 6.07) is 13.0. The average molecular weight is 384 g/mol. The number of ether oxygens (including phenoxy) is 2. The van der Waals surface area contributed by atoms with Gasteiger partial charge >= 0.3 is 0 Å². The lowest BCUT2D eigenvalue weighted by Gasteiger charge is -2.11. The average Bonchev–Trinajstić information content (AvgIpc) is 3.18. The number of hydrogen-bond donors (Lipinski definition) is 1. The zero-order valence-electron chi connectivity index (χ0n) is 15.5. The number of methoxy groups -OCH3 is 1. The number of para-hydroxylation sites is 1. The van der Waals surface area contributed by atoms with Crippen molar-refractivity contribution in [2.45, 2.75) is 6.42 Å². The Bertz CT molecular complexity index is 909. The van der Waals surface area contributed by atoms with Crippen LogP contribution in [0.25, 0.3) is 11.5 Å². The number of hydrogen-bond acceptors (Lipinski definition) is 5. The van der Waals surface area contributed by atoms with Crippen molar-refractivity contribution in [3.05, 3.63) is 71.9 Å². The summed E-state index contributed by atoms with van der Waals surface area (Å²) in [5.74, 6) is 0.385. The van der Waals surface area contributed by atoms with E-state index in [-0.39, 0.29) is 11.7 Å². The van der Waals surface area contributed by atoms with Gasteiger partial charge in [-0.25, -0.2) is 9.37 Å². The molecule has 0 atom stereocenters. The van der Waals surface area contributed by atoms with Crippen LogP contribution in [0.1, 0.15) is 16.1 Å². The Balaban J connectivity index is 1.54. The fourth-order valence-electron chi connectivity index (χ4n) is 2.56. The minimum absolute atomic E-state index is 0.227. The third kappa shape index (κ3) is 5.17. The lowest BCUT2D eigenvalue weighted by molar-refractivity contribution is 0.0946. The molecule has 1 heterocycles. The first kappa shape index (κ1) is 19.6. The van der Waals surface area contributed by atoms with Crippen LogP contribution in [0.3, 0.4) is 0 Å². The van der Waals surface area contributed by atoms with Gasteiger partial charge in [-0.3, -0.25) is 4.79 Å². The van der Waals surface area contributed by atoms with Crippen molar-refractivity contribution in [1.29, 1.82) is 0 Å². The van der Waals surface area contributed by atoms with Crippen LogP contribution < -0.4 is 10.1 Å². The number of nitrogens with zero attached hydrogens (tertiary/aromatic N) is 1. The molecule has 3 rings (SSSR count). The van der Waals surface area contributed by atoms with Crippen LogP contribution in [0.5, 0.6) is 5.75 Å². The molecule has 0 aliphatic carbocycles. The van der Waals surface area contributed by atoms with Gasteiger partial charge in [-0.05, 0) is 36.4 Å². The van der Waals surface area contributed by atoms with Gasteiger partial charge in [0.1, 0.15) is 24.4 Å². The third-order valence-corrected chi connectivity index (χ3v) is 3.99. The van der Waals surface area contributed by atoms with E-state index in [1.165, 1.54) is 18.4 Å². The van der Waals surface area contributed by atoms with E-state index >= 15 is 0 Å². The second-order valence-corrected chi connectivity index (χ2v) is 5.99. The second kappa shape index (κ2) is 9.66. The predicted octanol–water partition coefficient (Wildman–Crippen LogP) is 3.48. The van der Waals surface area contributed by atoms with Crippen LogP contribution in [-0.4, -0.2) is 37.8 Å². The molecule has 0 unspecified atom stereocenters. The molecule has 1 amide bonds. The summed E-state index contributed by atoms with van der Waals surface area (Å²) in [7, 11) is 1.59. The molecule has 1 aromatic heterocycles. The molecule has 0 fully saturated rings. The maximum atomic E-state index is 13.0. The highest BCUT2D eigenvalue weighted by atomic mass is 19.1. The highest BCUT2D eigenvalue weighted by Crippen LogP contribution is 2.20. The first-order valence-corrected chi connectivity index (χ1v) is 8.86. The Morgan fingerprint density at radius 3 is 2.71 bits per heavy atom. The maximum absolute atomic E-state index is 13.0. The normalized spacial score (nSPS) is 10.6. The summed E-state index contributed by atoms with van der Waals surface area (Å²) in [4.78, 5) is 16.8. The molecule has 2 aromatic carbocycles. The Morgan fingerprint density at radius 2 is 1.93 bits per heavy atom. The summed E-state index contributed by atoms with van der Waals surface area (Å²) in [6.07, 6.45) is 2.04. The molecule has 0 saturated heterocycles. The molecule has 6 nitrogen and oxygen atoms in total. The van der Waals surface area contributed by atoms with Crippen LogP contribution in [-0.2, 0) is 11.2 Å². The van der Waals surface area contributed by atoms with Gasteiger partial charge in [-0.1, -0.05) is 12.1 Å². The molecular weight excluding hydrogens is 363 g/mol. The number of amides is 1. The van der Waals surface area contributed by atoms with Crippen LogP contribution in [0, 0.1) is 5.82 Å². The summed E-state index contributed by atoms with van der Waals surface area (Å²) in [6.45, 7) is 1.20. The molecule has 28 heavy (non-hydrogen) atoms. The quantitative estimate of drug-likeness (QED) is 0.572. The molecule has 146 valence electrons. The number of nitrogens with one attached hydrogen (secondary N) is 1. The molecule has 0 spiro atoms. The Morgan fingerprint density at radius 1 is 1.14 bits per heavy atom. The molecule has 3 aromatic rings. The van der Waals surface area contributed by atoms with Gasteiger partial charge in [0.25, 0.3) is 5.91 Å². The van der Waals surface area contributed by atoms with Crippen molar-refractivity contribution < 1.29 is 23.1 Å². The van der Waals surface area contributed by atoms with E-state index in [9.17, 15) is 9.18 Å². The largest absolute Gasteiger partial charge is 0.490 e. The fraction of sp³-hybridized carbons (Fsp3) is 0.238. The SMILES string of the molecule is COCCOc1ccccc1C(=O)NCCc1coc(-c2ccc(F)cc2)n1. The number of benzene rings is 2. The highest BCUT2D eigenvalue weighted by Gasteiger charge is 2.12. The van der Waals surface area contributed by atoms with E-state index in [4.69, 9.17) is 13.9 Å². The van der Waals surface area contributed by atoms with Gasteiger partial charge in [0.2, 0.25) is 5.89 Å².